The van der Waals surface area contributed by atoms with Gasteiger partial charge in [-0.15, -0.1) is 0 Å². The van der Waals surface area contributed by atoms with E-state index in [2.05, 4.69) is 24.5 Å². The first-order chi connectivity index (χ1) is 6.06. The summed E-state index contributed by atoms with van der Waals surface area (Å²) in [6.45, 7) is 6.50. The Morgan fingerprint density at radius 3 is 2.54 bits per heavy atom. The van der Waals surface area contributed by atoms with E-state index >= 15 is 0 Å². The minimum Gasteiger partial charge on any atom is -0.358 e. The normalized spacial score (nSPS) is 10.9. The molecule has 0 aliphatic carbocycles. The molecule has 0 aliphatic rings. The molecule has 0 aromatic carbocycles. The van der Waals surface area contributed by atoms with E-state index in [0.29, 0.717) is 12.6 Å². The number of likely N-dealkylation sites (N-methyl/N-ethyl adjacent to an activating group) is 2. The molecule has 0 atom stereocenters. The summed E-state index contributed by atoms with van der Waals surface area (Å²) in [5.41, 5.74) is 0. The summed E-state index contributed by atoms with van der Waals surface area (Å²) < 4.78 is 0. The minimum atomic E-state index is 0.0621. The quantitative estimate of drug-likeness (QED) is 0.598. The number of hydrogen-bond donors (Lipinski definition) is 2. The van der Waals surface area contributed by atoms with Gasteiger partial charge in [-0.25, -0.2) is 0 Å². The molecule has 13 heavy (non-hydrogen) atoms. The van der Waals surface area contributed by atoms with Crippen molar-refractivity contribution in [1.82, 2.24) is 15.5 Å². The van der Waals surface area contributed by atoms with E-state index in [1.54, 1.807) is 7.05 Å². The average molecular weight is 187 g/mol. The predicted molar refractivity (Wildman–Crippen MR) is 54.7 cm³/mol. The largest absolute Gasteiger partial charge is 0.358 e. The molecule has 0 bridgehead atoms. The van der Waals surface area contributed by atoms with E-state index in [1.165, 1.54) is 0 Å². The Bertz CT molecular complexity index is 148. The van der Waals surface area contributed by atoms with Gasteiger partial charge in [0.25, 0.3) is 0 Å². The van der Waals surface area contributed by atoms with Gasteiger partial charge in [0.1, 0.15) is 0 Å². The molecule has 0 saturated heterocycles. The molecule has 0 aromatic heterocycles. The van der Waals surface area contributed by atoms with E-state index in [-0.39, 0.29) is 5.91 Å². The summed E-state index contributed by atoms with van der Waals surface area (Å²) in [4.78, 5) is 12.9. The molecule has 2 N–H and O–H groups in total. The van der Waals surface area contributed by atoms with Crippen LogP contribution in [-0.4, -0.2) is 50.6 Å². The summed E-state index contributed by atoms with van der Waals surface area (Å²) >= 11 is 0. The molecule has 0 aliphatic heterocycles. The Morgan fingerprint density at radius 1 is 1.46 bits per heavy atom. The maximum absolute atomic E-state index is 10.9. The number of carbonyl (C=O) groups is 1. The molecule has 0 spiro atoms. The van der Waals surface area contributed by atoms with Crippen LogP contribution in [0.3, 0.4) is 0 Å². The standard InChI is InChI=1S/C9H21N3O/c1-8(2)11-5-6-12(4)7-9(13)10-3/h8,11H,5-7H2,1-4H3,(H,10,13). The fourth-order valence-electron chi connectivity index (χ4n) is 0.947. The minimum absolute atomic E-state index is 0.0621. The second kappa shape index (κ2) is 6.86. The Labute approximate surface area is 80.7 Å². The maximum Gasteiger partial charge on any atom is 0.233 e. The fraction of sp³-hybridized carbons (Fsp3) is 0.889. The third-order valence-corrected chi connectivity index (χ3v) is 1.74. The van der Waals surface area contributed by atoms with Crippen LogP contribution in [-0.2, 0) is 4.79 Å². The highest BCUT2D eigenvalue weighted by atomic mass is 16.1. The molecule has 0 radical (unpaired) electrons. The van der Waals surface area contributed by atoms with Gasteiger partial charge >= 0.3 is 0 Å². The summed E-state index contributed by atoms with van der Waals surface area (Å²) in [6.07, 6.45) is 0. The molecule has 1 amide bonds. The number of amides is 1. The third kappa shape index (κ3) is 7.74. The van der Waals surface area contributed by atoms with Crippen LogP contribution in [0.5, 0.6) is 0 Å². The van der Waals surface area contributed by atoms with E-state index in [1.807, 2.05) is 11.9 Å². The Morgan fingerprint density at radius 2 is 2.08 bits per heavy atom. The van der Waals surface area contributed by atoms with Crippen LogP contribution < -0.4 is 10.6 Å². The van der Waals surface area contributed by atoms with Crippen molar-refractivity contribution in [2.45, 2.75) is 19.9 Å². The molecule has 78 valence electrons. The van der Waals surface area contributed by atoms with Crippen LogP contribution >= 0.6 is 0 Å². The lowest BCUT2D eigenvalue weighted by atomic mass is 10.4. The molecule has 0 heterocycles. The average Bonchev–Trinajstić information content (AvgIpc) is 2.03. The first kappa shape index (κ1) is 12.4. The molecule has 0 fully saturated rings. The molecular weight excluding hydrogens is 166 g/mol. The van der Waals surface area contributed by atoms with Crippen molar-refractivity contribution in [3.63, 3.8) is 0 Å². The molecular formula is C9H21N3O. The van der Waals surface area contributed by atoms with Crippen LogP contribution in [0.4, 0.5) is 0 Å². The van der Waals surface area contributed by atoms with Gasteiger partial charge in [-0.05, 0) is 7.05 Å². The van der Waals surface area contributed by atoms with Gasteiger partial charge < -0.3 is 10.6 Å². The topological polar surface area (TPSA) is 44.4 Å². The van der Waals surface area contributed by atoms with Gasteiger partial charge in [-0.2, -0.15) is 0 Å². The van der Waals surface area contributed by atoms with E-state index in [9.17, 15) is 4.79 Å². The Kier molecular flexibility index (Phi) is 6.54. The maximum atomic E-state index is 10.9. The molecule has 0 aromatic rings. The molecule has 4 nitrogen and oxygen atoms in total. The highest BCUT2D eigenvalue weighted by molar-refractivity contribution is 5.77. The second-order valence-electron chi connectivity index (χ2n) is 3.52. The van der Waals surface area contributed by atoms with Gasteiger partial charge in [0.2, 0.25) is 5.91 Å². The second-order valence-corrected chi connectivity index (χ2v) is 3.52. The lowest BCUT2D eigenvalue weighted by molar-refractivity contribution is -0.121. The van der Waals surface area contributed by atoms with Crippen molar-refractivity contribution in [1.29, 1.82) is 0 Å². The Balaban J connectivity index is 3.40. The number of carbonyl (C=O) groups excluding carboxylic acids is 1. The third-order valence-electron chi connectivity index (χ3n) is 1.74. The zero-order valence-corrected chi connectivity index (χ0v) is 9.05. The molecule has 0 rings (SSSR count). The predicted octanol–water partition coefficient (Wildman–Crippen LogP) is -0.338. The number of nitrogens with one attached hydrogen (secondary N) is 2. The number of nitrogens with zero attached hydrogens (tertiary/aromatic N) is 1. The number of rotatable bonds is 6. The fourth-order valence-corrected chi connectivity index (χ4v) is 0.947. The first-order valence-corrected chi connectivity index (χ1v) is 4.68. The van der Waals surface area contributed by atoms with Crippen LogP contribution in [0.1, 0.15) is 13.8 Å². The van der Waals surface area contributed by atoms with Gasteiger partial charge in [0, 0.05) is 26.2 Å². The zero-order valence-electron chi connectivity index (χ0n) is 9.05. The Hall–Kier alpha value is -0.610. The smallest absolute Gasteiger partial charge is 0.233 e. The van der Waals surface area contributed by atoms with Gasteiger partial charge in [-0.1, -0.05) is 13.8 Å². The highest BCUT2D eigenvalue weighted by Gasteiger charge is 2.03. The van der Waals surface area contributed by atoms with Gasteiger partial charge in [0.05, 0.1) is 6.54 Å². The first-order valence-electron chi connectivity index (χ1n) is 4.68. The monoisotopic (exact) mass is 187 g/mol. The molecule has 0 saturated carbocycles. The van der Waals surface area contributed by atoms with Crippen molar-refractivity contribution < 1.29 is 4.79 Å². The van der Waals surface area contributed by atoms with Crippen molar-refractivity contribution in [3.05, 3.63) is 0 Å². The van der Waals surface area contributed by atoms with E-state index < -0.39 is 0 Å². The summed E-state index contributed by atoms with van der Waals surface area (Å²) in [6, 6.07) is 0.508. The SMILES string of the molecule is CNC(=O)CN(C)CCNC(C)C. The lowest BCUT2D eigenvalue weighted by Gasteiger charge is -2.16. The lowest BCUT2D eigenvalue weighted by Crippen LogP contribution is -2.38. The van der Waals surface area contributed by atoms with E-state index in [0.717, 1.165) is 13.1 Å². The molecule has 4 heteroatoms. The van der Waals surface area contributed by atoms with Crippen LogP contribution in [0.15, 0.2) is 0 Å². The zero-order chi connectivity index (χ0) is 10.3. The summed E-state index contributed by atoms with van der Waals surface area (Å²) in [7, 11) is 3.60. The van der Waals surface area contributed by atoms with E-state index in [4.69, 9.17) is 0 Å². The van der Waals surface area contributed by atoms with Gasteiger partial charge in [0.15, 0.2) is 0 Å². The van der Waals surface area contributed by atoms with Crippen LogP contribution in [0, 0.1) is 0 Å². The van der Waals surface area contributed by atoms with Gasteiger partial charge in [-0.3, -0.25) is 9.69 Å². The van der Waals surface area contributed by atoms with Crippen LogP contribution in [0.25, 0.3) is 0 Å². The number of hydrogen-bond acceptors (Lipinski definition) is 3. The van der Waals surface area contributed by atoms with Crippen molar-refractivity contribution >= 4 is 5.91 Å². The molecule has 0 unspecified atom stereocenters. The summed E-state index contributed by atoms with van der Waals surface area (Å²) in [5.74, 6) is 0.0621. The summed E-state index contributed by atoms with van der Waals surface area (Å²) in [5, 5.41) is 5.89. The highest BCUT2D eigenvalue weighted by Crippen LogP contribution is 1.81. The van der Waals surface area contributed by atoms with Crippen molar-refractivity contribution in [3.8, 4) is 0 Å². The van der Waals surface area contributed by atoms with Crippen molar-refractivity contribution in [2.75, 3.05) is 33.7 Å². The van der Waals surface area contributed by atoms with Crippen LogP contribution in [0.2, 0.25) is 0 Å². The van der Waals surface area contributed by atoms with Crippen molar-refractivity contribution in [2.24, 2.45) is 0 Å².